The monoisotopic (exact) mass is 743 g/mol. The second-order valence-electron chi connectivity index (χ2n) is 14.1. The van der Waals surface area contributed by atoms with Crippen molar-refractivity contribution in [3.05, 3.63) is 118 Å². The largest absolute Gasteiger partial charge is 0.497 e. The molecule has 53 heavy (non-hydrogen) atoms. The Hall–Kier alpha value is -5.49. The van der Waals surface area contributed by atoms with Crippen LogP contribution in [0.5, 0.6) is 5.75 Å². The summed E-state index contributed by atoms with van der Waals surface area (Å²) in [6.07, 6.45) is 0.0990. The lowest BCUT2D eigenvalue weighted by Crippen LogP contribution is -2.50. The number of amides is 3. The summed E-state index contributed by atoms with van der Waals surface area (Å²) in [6.45, 7) is 7.16. The number of aryl methyl sites for hydroxylation is 1. The molecule has 3 amide bonds. The number of carbonyl (C=O) groups excluding carboxylic acids is 3. The van der Waals surface area contributed by atoms with E-state index in [1.54, 1.807) is 48.7 Å². The van der Waals surface area contributed by atoms with E-state index in [4.69, 9.17) is 30.8 Å². The molecular weight excluding hydrogens is 701 g/mol. The van der Waals surface area contributed by atoms with Gasteiger partial charge in [0.25, 0.3) is 5.91 Å². The molecule has 0 saturated carbocycles. The minimum Gasteiger partial charge on any atom is -0.497 e. The van der Waals surface area contributed by atoms with Crippen LogP contribution in [0.3, 0.4) is 0 Å². The lowest BCUT2D eigenvalue weighted by Gasteiger charge is -2.35. The molecule has 13 heteroatoms. The predicted molar refractivity (Wildman–Crippen MR) is 200 cm³/mol. The molecule has 4 aromatic rings. The number of rotatable bonds is 10. The van der Waals surface area contributed by atoms with Crippen LogP contribution in [0, 0.1) is 18.2 Å². The van der Waals surface area contributed by atoms with E-state index in [9.17, 15) is 9.59 Å². The van der Waals surface area contributed by atoms with E-state index in [0.29, 0.717) is 21.8 Å². The fourth-order valence-electron chi connectivity index (χ4n) is 6.22. The third-order valence-corrected chi connectivity index (χ3v) is 8.94. The van der Waals surface area contributed by atoms with Crippen molar-refractivity contribution >= 4 is 35.7 Å². The molecule has 0 saturated heterocycles. The molecular formula is C40H43ClFN5O6. The Morgan fingerprint density at radius 2 is 1.75 bits per heavy atom. The molecule has 0 spiro atoms. The molecule has 1 N–H and O–H groups in total. The van der Waals surface area contributed by atoms with Crippen LogP contribution in [-0.2, 0) is 26.4 Å². The molecule has 2 atom stereocenters. The number of hydrogen-bond donors (Lipinski definition) is 1. The number of aromatic nitrogens is 1. The SMILES string of the molecule is COc1ccc(C2(CC(C)(C)C)N=C(NC(=O)OCc3ccccc3)N(C(COC(=O)N(C)C)c3ccc(Cl)c(-c4ncccc4C)c3)C2=O)c(F)c1. The van der Waals surface area contributed by atoms with Gasteiger partial charge >= 0.3 is 12.2 Å². The minimum atomic E-state index is -1.87. The lowest BCUT2D eigenvalue weighted by atomic mass is 9.75. The van der Waals surface area contributed by atoms with E-state index in [1.807, 2.05) is 52.0 Å². The number of pyridine rings is 1. The number of aliphatic imine (C=N–C) groups is 1. The minimum absolute atomic E-state index is 0.0254. The van der Waals surface area contributed by atoms with Gasteiger partial charge in [-0.3, -0.25) is 20.0 Å². The Balaban J connectivity index is 1.69. The summed E-state index contributed by atoms with van der Waals surface area (Å²) in [6, 6.07) is 21.0. The molecule has 1 aromatic heterocycles. The van der Waals surface area contributed by atoms with E-state index in [0.717, 1.165) is 11.1 Å². The molecule has 0 bridgehead atoms. The molecule has 1 aliphatic rings. The molecule has 278 valence electrons. The van der Waals surface area contributed by atoms with Crippen molar-refractivity contribution in [1.29, 1.82) is 0 Å². The van der Waals surface area contributed by atoms with Crippen molar-refractivity contribution in [1.82, 2.24) is 20.1 Å². The summed E-state index contributed by atoms with van der Waals surface area (Å²) >= 11 is 6.73. The van der Waals surface area contributed by atoms with Crippen LogP contribution in [-0.4, -0.2) is 66.6 Å². The van der Waals surface area contributed by atoms with Crippen LogP contribution in [0.25, 0.3) is 11.3 Å². The highest BCUT2D eigenvalue weighted by atomic mass is 35.5. The Morgan fingerprint density at radius 1 is 1.02 bits per heavy atom. The summed E-state index contributed by atoms with van der Waals surface area (Å²) in [7, 11) is 4.47. The first-order chi connectivity index (χ1) is 25.1. The Bertz CT molecular complexity index is 2020. The molecule has 2 heterocycles. The standard InChI is InChI=1S/C40H43ClFN5O6/c1-25-12-11-19-43-34(25)29-20-27(15-18-31(29)41)33(23-53-38(50)46(5)6)47-35(48)40(24-39(2,3)4,30-17-16-28(51-7)21-32(30)42)45-36(47)44-37(49)52-22-26-13-9-8-10-14-26/h8-21,33H,22-24H2,1-7H3,(H,44,45,49). The quantitative estimate of drug-likeness (QED) is 0.174. The first kappa shape index (κ1) is 38.7. The summed E-state index contributed by atoms with van der Waals surface area (Å²) in [5.41, 5.74) is 0.751. The third-order valence-electron chi connectivity index (χ3n) is 8.61. The van der Waals surface area contributed by atoms with Gasteiger partial charge in [0.15, 0.2) is 5.54 Å². The molecule has 0 aliphatic carbocycles. The van der Waals surface area contributed by atoms with Gasteiger partial charge in [0, 0.05) is 42.5 Å². The Labute approximate surface area is 313 Å². The fraction of sp³-hybridized carbons (Fsp3) is 0.325. The number of ether oxygens (including phenoxy) is 3. The number of nitrogens with one attached hydrogen (secondary N) is 1. The summed E-state index contributed by atoms with van der Waals surface area (Å²) in [4.78, 5) is 53.5. The van der Waals surface area contributed by atoms with Crippen molar-refractivity contribution < 1.29 is 33.0 Å². The maximum Gasteiger partial charge on any atom is 0.414 e. The van der Waals surface area contributed by atoms with Crippen molar-refractivity contribution in [2.45, 2.75) is 52.3 Å². The maximum atomic E-state index is 16.2. The second-order valence-corrected chi connectivity index (χ2v) is 14.5. The van der Waals surface area contributed by atoms with E-state index in [2.05, 4.69) is 10.3 Å². The molecule has 2 unspecified atom stereocenters. The summed E-state index contributed by atoms with van der Waals surface area (Å²) < 4.78 is 32.7. The topological polar surface area (TPSA) is 123 Å². The van der Waals surface area contributed by atoms with Gasteiger partial charge in [-0.05, 0) is 65.8 Å². The van der Waals surface area contributed by atoms with Crippen LogP contribution >= 0.6 is 11.6 Å². The van der Waals surface area contributed by atoms with Crippen LogP contribution in [0.15, 0.2) is 90.1 Å². The third kappa shape index (κ3) is 8.77. The first-order valence-corrected chi connectivity index (χ1v) is 17.3. The average molecular weight is 744 g/mol. The Kier molecular flexibility index (Phi) is 11.7. The van der Waals surface area contributed by atoms with Crippen molar-refractivity contribution in [2.75, 3.05) is 27.8 Å². The molecule has 1 aliphatic heterocycles. The average Bonchev–Trinajstić information content (AvgIpc) is 3.37. The number of carbonyl (C=O) groups is 3. The maximum absolute atomic E-state index is 16.2. The van der Waals surface area contributed by atoms with E-state index < -0.39 is 40.9 Å². The summed E-state index contributed by atoms with van der Waals surface area (Å²) in [5.74, 6) is -1.36. The zero-order valence-corrected chi connectivity index (χ0v) is 31.5. The highest BCUT2D eigenvalue weighted by Crippen LogP contribution is 2.46. The molecule has 0 fully saturated rings. The predicted octanol–water partition coefficient (Wildman–Crippen LogP) is 8.05. The zero-order valence-electron chi connectivity index (χ0n) is 30.8. The van der Waals surface area contributed by atoms with E-state index in [1.165, 1.54) is 43.1 Å². The number of guanidine groups is 1. The molecule has 5 rings (SSSR count). The van der Waals surface area contributed by atoms with Gasteiger partial charge in [-0.25, -0.2) is 19.0 Å². The van der Waals surface area contributed by atoms with E-state index >= 15 is 9.18 Å². The summed E-state index contributed by atoms with van der Waals surface area (Å²) in [5, 5.41) is 3.06. The van der Waals surface area contributed by atoms with Gasteiger partial charge in [-0.15, -0.1) is 0 Å². The number of benzene rings is 3. The second kappa shape index (κ2) is 16.0. The van der Waals surface area contributed by atoms with Gasteiger partial charge in [0.2, 0.25) is 5.96 Å². The smallest absolute Gasteiger partial charge is 0.414 e. The fourth-order valence-corrected chi connectivity index (χ4v) is 6.42. The van der Waals surface area contributed by atoms with Crippen LogP contribution in [0.2, 0.25) is 5.02 Å². The van der Waals surface area contributed by atoms with Gasteiger partial charge in [-0.2, -0.15) is 0 Å². The van der Waals surface area contributed by atoms with Crippen molar-refractivity contribution in [2.24, 2.45) is 10.4 Å². The van der Waals surface area contributed by atoms with Crippen LogP contribution < -0.4 is 10.1 Å². The Morgan fingerprint density at radius 3 is 2.40 bits per heavy atom. The van der Waals surface area contributed by atoms with Crippen LogP contribution in [0.1, 0.15) is 55.5 Å². The van der Waals surface area contributed by atoms with Gasteiger partial charge in [-0.1, -0.05) is 74.8 Å². The number of nitrogens with zero attached hydrogens (tertiary/aromatic N) is 4. The zero-order chi connectivity index (χ0) is 38.5. The number of halogens is 2. The highest BCUT2D eigenvalue weighted by Gasteiger charge is 2.55. The van der Waals surface area contributed by atoms with Gasteiger partial charge < -0.3 is 19.1 Å². The number of alkyl carbamates (subject to hydrolysis) is 1. The molecule has 3 aromatic carbocycles. The van der Waals surface area contributed by atoms with Crippen molar-refractivity contribution in [3.63, 3.8) is 0 Å². The van der Waals surface area contributed by atoms with Gasteiger partial charge in [0.1, 0.15) is 24.8 Å². The highest BCUT2D eigenvalue weighted by molar-refractivity contribution is 6.33. The lowest BCUT2D eigenvalue weighted by molar-refractivity contribution is -0.135. The molecule has 0 radical (unpaired) electrons. The van der Waals surface area contributed by atoms with Gasteiger partial charge in [0.05, 0.1) is 18.8 Å². The van der Waals surface area contributed by atoms with Crippen molar-refractivity contribution in [3.8, 4) is 17.0 Å². The first-order valence-electron chi connectivity index (χ1n) is 16.9. The number of hydrogen-bond acceptors (Lipinski definition) is 8. The molecule has 11 nitrogen and oxygen atoms in total. The van der Waals surface area contributed by atoms with E-state index in [-0.39, 0.29) is 36.9 Å². The normalized spacial score (nSPS) is 16.1. The number of methoxy groups -OCH3 is 1. The van der Waals surface area contributed by atoms with Crippen LogP contribution in [0.4, 0.5) is 14.0 Å².